The summed E-state index contributed by atoms with van der Waals surface area (Å²) >= 11 is 5.22. The Kier molecular flexibility index (Phi) is 5.64. The van der Waals surface area contributed by atoms with Crippen LogP contribution in [0.3, 0.4) is 0 Å². The molecule has 3 aromatic rings. The summed E-state index contributed by atoms with van der Waals surface area (Å²) in [5, 5.41) is 11.8. The fourth-order valence-corrected chi connectivity index (χ4v) is 4.47. The standard InChI is InChI=1S/C16H17N3OS3/c1-20-13-7-4-3-6-12(13)19-15(14-8-5-9-22-14)17-18-16(19)23-11-10-21-2/h3-9H,10-11H2,1-2H3. The highest BCUT2D eigenvalue weighted by Crippen LogP contribution is 2.34. The fourth-order valence-electron chi connectivity index (χ4n) is 2.18. The number of benzene rings is 1. The van der Waals surface area contributed by atoms with Gasteiger partial charge in [0.2, 0.25) is 0 Å². The summed E-state index contributed by atoms with van der Waals surface area (Å²) in [7, 11) is 1.69. The second kappa shape index (κ2) is 7.90. The summed E-state index contributed by atoms with van der Waals surface area (Å²) in [4.78, 5) is 1.10. The van der Waals surface area contributed by atoms with Gasteiger partial charge in [-0.15, -0.1) is 21.5 Å². The summed E-state index contributed by atoms with van der Waals surface area (Å²) in [5.41, 5.74) is 0.968. The normalized spacial score (nSPS) is 10.9. The molecule has 0 N–H and O–H groups in total. The maximum atomic E-state index is 5.54. The molecule has 0 amide bonds. The first-order valence-corrected chi connectivity index (χ1v) is 10.4. The molecular formula is C16H17N3OS3. The molecule has 0 aliphatic carbocycles. The molecule has 2 heterocycles. The van der Waals surface area contributed by atoms with Crippen LogP contribution in [0, 0.1) is 0 Å². The average molecular weight is 364 g/mol. The highest BCUT2D eigenvalue weighted by Gasteiger charge is 2.19. The van der Waals surface area contributed by atoms with Gasteiger partial charge in [0.05, 0.1) is 17.7 Å². The van der Waals surface area contributed by atoms with Crippen LogP contribution in [0.2, 0.25) is 0 Å². The van der Waals surface area contributed by atoms with Gasteiger partial charge < -0.3 is 4.74 Å². The molecule has 1 aromatic carbocycles. The molecule has 3 rings (SSSR count). The molecule has 0 saturated heterocycles. The first-order valence-electron chi connectivity index (χ1n) is 7.09. The van der Waals surface area contributed by atoms with Crippen molar-refractivity contribution in [2.45, 2.75) is 5.16 Å². The number of methoxy groups -OCH3 is 1. The number of ether oxygens (including phenoxy) is 1. The van der Waals surface area contributed by atoms with Gasteiger partial charge in [0.25, 0.3) is 0 Å². The number of thioether (sulfide) groups is 2. The van der Waals surface area contributed by atoms with Gasteiger partial charge in [-0.2, -0.15) is 11.8 Å². The molecule has 0 bridgehead atoms. The zero-order valence-electron chi connectivity index (χ0n) is 12.9. The summed E-state index contributed by atoms with van der Waals surface area (Å²) < 4.78 is 7.63. The van der Waals surface area contributed by atoms with Gasteiger partial charge in [0.15, 0.2) is 11.0 Å². The third-order valence-corrected chi connectivity index (χ3v) is 5.89. The monoisotopic (exact) mass is 363 g/mol. The first kappa shape index (κ1) is 16.4. The summed E-state index contributed by atoms with van der Waals surface area (Å²) in [6.45, 7) is 0. The van der Waals surface area contributed by atoms with Gasteiger partial charge >= 0.3 is 0 Å². The Morgan fingerprint density at radius 1 is 1.13 bits per heavy atom. The zero-order valence-corrected chi connectivity index (χ0v) is 15.4. The number of nitrogens with zero attached hydrogens (tertiary/aromatic N) is 3. The van der Waals surface area contributed by atoms with E-state index in [2.05, 4.69) is 32.5 Å². The largest absolute Gasteiger partial charge is 0.495 e. The molecule has 0 saturated carbocycles. The number of rotatable bonds is 7. The molecule has 0 spiro atoms. The van der Waals surface area contributed by atoms with E-state index in [1.165, 1.54) is 0 Å². The minimum absolute atomic E-state index is 0.817. The highest BCUT2D eigenvalue weighted by molar-refractivity contribution is 8.02. The maximum Gasteiger partial charge on any atom is 0.196 e. The van der Waals surface area contributed by atoms with Crippen LogP contribution in [0.4, 0.5) is 0 Å². The molecule has 7 heteroatoms. The smallest absolute Gasteiger partial charge is 0.196 e. The van der Waals surface area contributed by atoms with Crippen molar-refractivity contribution >= 4 is 34.9 Å². The lowest BCUT2D eigenvalue weighted by Gasteiger charge is -2.13. The van der Waals surface area contributed by atoms with Crippen LogP contribution in [-0.4, -0.2) is 39.6 Å². The topological polar surface area (TPSA) is 39.9 Å². The van der Waals surface area contributed by atoms with Crippen LogP contribution in [-0.2, 0) is 0 Å². The van der Waals surface area contributed by atoms with Gasteiger partial charge in [0, 0.05) is 11.5 Å². The van der Waals surface area contributed by atoms with E-state index in [1.54, 1.807) is 30.2 Å². The lowest BCUT2D eigenvalue weighted by atomic mass is 10.3. The van der Waals surface area contributed by atoms with Crippen molar-refractivity contribution in [3.8, 4) is 22.1 Å². The molecule has 23 heavy (non-hydrogen) atoms. The molecule has 4 nitrogen and oxygen atoms in total. The van der Waals surface area contributed by atoms with Crippen molar-refractivity contribution < 1.29 is 4.74 Å². The Hall–Kier alpha value is -1.44. The molecule has 0 radical (unpaired) electrons. The molecule has 0 aliphatic rings. The van der Waals surface area contributed by atoms with E-state index in [9.17, 15) is 0 Å². The second-order valence-corrected chi connectivity index (χ2v) is 7.63. The lowest BCUT2D eigenvalue weighted by molar-refractivity contribution is 0.412. The first-order chi connectivity index (χ1) is 11.3. The van der Waals surface area contributed by atoms with Crippen molar-refractivity contribution in [3.63, 3.8) is 0 Å². The van der Waals surface area contributed by atoms with E-state index >= 15 is 0 Å². The molecule has 0 unspecified atom stereocenters. The number of aromatic nitrogens is 3. The zero-order chi connectivity index (χ0) is 16.1. The molecule has 0 fully saturated rings. The van der Waals surface area contributed by atoms with E-state index in [1.807, 2.05) is 42.1 Å². The van der Waals surface area contributed by atoms with Crippen LogP contribution in [0.5, 0.6) is 5.75 Å². The van der Waals surface area contributed by atoms with Gasteiger partial charge in [-0.3, -0.25) is 4.57 Å². The highest BCUT2D eigenvalue weighted by atomic mass is 32.2. The average Bonchev–Trinajstić information content (AvgIpc) is 3.24. The molecule has 120 valence electrons. The van der Waals surface area contributed by atoms with E-state index in [-0.39, 0.29) is 0 Å². The molecular weight excluding hydrogens is 346 g/mol. The Labute approximate surface area is 148 Å². The predicted octanol–water partition coefficient (Wildman–Crippen LogP) is 4.46. The van der Waals surface area contributed by atoms with Gasteiger partial charge in [-0.25, -0.2) is 0 Å². The maximum absolute atomic E-state index is 5.54. The van der Waals surface area contributed by atoms with Crippen LogP contribution in [0.1, 0.15) is 0 Å². The summed E-state index contributed by atoms with van der Waals surface area (Å²) in [5.74, 6) is 3.75. The Balaban J connectivity index is 2.09. The van der Waals surface area contributed by atoms with Gasteiger partial charge in [-0.1, -0.05) is 30.0 Å². The van der Waals surface area contributed by atoms with Crippen molar-refractivity contribution in [1.82, 2.24) is 14.8 Å². The Morgan fingerprint density at radius 3 is 2.74 bits per heavy atom. The number of hydrogen-bond acceptors (Lipinski definition) is 6. The van der Waals surface area contributed by atoms with Crippen LogP contribution in [0.15, 0.2) is 46.9 Å². The van der Waals surface area contributed by atoms with Crippen molar-refractivity contribution in [2.24, 2.45) is 0 Å². The van der Waals surface area contributed by atoms with E-state index in [0.717, 1.165) is 38.8 Å². The van der Waals surface area contributed by atoms with Gasteiger partial charge in [-0.05, 0) is 29.8 Å². The quantitative estimate of drug-likeness (QED) is 0.458. The third-order valence-electron chi connectivity index (χ3n) is 3.22. The van der Waals surface area contributed by atoms with Gasteiger partial charge in [0.1, 0.15) is 5.75 Å². The van der Waals surface area contributed by atoms with Crippen molar-refractivity contribution in [2.75, 3.05) is 24.9 Å². The number of hydrogen-bond donors (Lipinski definition) is 0. The summed E-state index contributed by atoms with van der Waals surface area (Å²) in [6.07, 6.45) is 2.11. The Bertz CT molecular complexity index is 756. The van der Waals surface area contributed by atoms with Crippen molar-refractivity contribution in [3.05, 3.63) is 41.8 Å². The van der Waals surface area contributed by atoms with E-state index in [0.29, 0.717) is 0 Å². The second-order valence-electron chi connectivity index (χ2n) is 4.63. The van der Waals surface area contributed by atoms with Crippen molar-refractivity contribution in [1.29, 1.82) is 0 Å². The fraction of sp³-hybridized carbons (Fsp3) is 0.250. The lowest BCUT2D eigenvalue weighted by Crippen LogP contribution is -2.02. The third kappa shape index (κ3) is 3.57. The van der Waals surface area contributed by atoms with Crippen LogP contribution < -0.4 is 4.74 Å². The molecule has 0 atom stereocenters. The van der Waals surface area contributed by atoms with Crippen LogP contribution in [0.25, 0.3) is 16.4 Å². The number of para-hydroxylation sites is 2. The Morgan fingerprint density at radius 2 is 2.00 bits per heavy atom. The molecule has 2 aromatic heterocycles. The van der Waals surface area contributed by atoms with Crippen LogP contribution >= 0.6 is 34.9 Å². The number of thiophene rings is 1. The van der Waals surface area contributed by atoms with E-state index in [4.69, 9.17) is 4.74 Å². The minimum atomic E-state index is 0.817. The van der Waals surface area contributed by atoms with E-state index < -0.39 is 0 Å². The minimum Gasteiger partial charge on any atom is -0.495 e. The summed E-state index contributed by atoms with van der Waals surface area (Å²) in [6, 6.07) is 12.1. The SMILES string of the molecule is COc1ccccc1-n1c(SCCSC)nnc1-c1cccs1. The molecule has 0 aliphatic heterocycles. The predicted molar refractivity (Wildman–Crippen MR) is 100 cm³/mol.